The zero-order valence-electron chi connectivity index (χ0n) is 34.8. The van der Waals surface area contributed by atoms with Crippen LogP contribution in [-0.4, -0.2) is 61.2 Å². The van der Waals surface area contributed by atoms with E-state index in [1.165, 1.54) is 27.4 Å². The summed E-state index contributed by atoms with van der Waals surface area (Å²) in [6.45, 7) is 4.35. The highest BCUT2D eigenvalue weighted by molar-refractivity contribution is 6.47. The summed E-state index contributed by atoms with van der Waals surface area (Å²) >= 11 is 0. The number of benzene rings is 6. The minimum Gasteiger partial charge on any atom is -0.344 e. The number of para-hydroxylation sites is 2. The smallest absolute Gasteiger partial charge is 0.238 e. The summed E-state index contributed by atoms with van der Waals surface area (Å²) in [7, 11) is 13.2. The molecule has 0 saturated heterocycles. The Bertz CT molecular complexity index is 2590. The van der Waals surface area contributed by atoms with Gasteiger partial charge in [-0.25, -0.2) is 4.98 Å². The fourth-order valence-corrected chi connectivity index (χ4v) is 7.23. The molecule has 0 radical (unpaired) electrons. The van der Waals surface area contributed by atoms with E-state index in [2.05, 4.69) is 167 Å². The van der Waals surface area contributed by atoms with Gasteiger partial charge in [-0.2, -0.15) is 9.97 Å². The quantitative estimate of drug-likeness (QED) is 0.102. The van der Waals surface area contributed by atoms with Crippen LogP contribution in [0.15, 0.2) is 185 Å². The minimum absolute atomic E-state index is 0.534. The van der Waals surface area contributed by atoms with Gasteiger partial charge >= 0.3 is 0 Å². The molecule has 0 bridgehead atoms. The first-order valence-corrected chi connectivity index (χ1v) is 19.9. The molecule has 0 atom stereocenters. The van der Waals surface area contributed by atoms with E-state index in [1.54, 1.807) is 0 Å². The zero-order valence-corrected chi connectivity index (χ0v) is 34.8. The van der Waals surface area contributed by atoms with Crippen LogP contribution in [0.2, 0.25) is 0 Å². The van der Waals surface area contributed by atoms with Gasteiger partial charge in [-0.3, -0.25) is 4.90 Å². The van der Waals surface area contributed by atoms with Crippen molar-refractivity contribution in [2.24, 2.45) is 0 Å². The third-order valence-corrected chi connectivity index (χ3v) is 11.0. The standard InChI is InChI=1S/C48H46B5N5/c1-31-28-38(33-18-8-4-9-19-33)42(57(3)40-27-17-16-24-36(40)29-39(50)44(52)45(53)43(51)32(2)49)30-41(31)58(37-25-14-7-15-26-37)48-55-46(34-20-10-5-11-21-34)54-47(56-48)35-22-12-6-13-23-35/h4-30H,49-53H2,1-3H3/b39-29-,43-32-,45-44-. The number of aryl methyl sites for hydroxylation is 1. The summed E-state index contributed by atoms with van der Waals surface area (Å²) < 4.78 is 0. The van der Waals surface area contributed by atoms with Crippen molar-refractivity contribution in [3.05, 3.63) is 196 Å². The van der Waals surface area contributed by atoms with Crippen molar-refractivity contribution in [2.75, 3.05) is 16.8 Å². The lowest BCUT2D eigenvalue weighted by Gasteiger charge is -2.30. The molecule has 7 rings (SSSR count). The first kappa shape index (κ1) is 39.7. The number of hydrogen-bond donors (Lipinski definition) is 0. The highest BCUT2D eigenvalue weighted by Crippen LogP contribution is 2.44. The van der Waals surface area contributed by atoms with Gasteiger partial charge in [0.15, 0.2) is 11.6 Å². The molecule has 0 amide bonds. The lowest BCUT2D eigenvalue weighted by Crippen LogP contribution is -2.18. The maximum Gasteiger partial charge on any atom is 0.238 e. The van der Waals surface area contributed by atoms with E-state index in [0.717, 1.165) is 56.1 Å². The van der Waals surface area contributed by atoms with Crippen LogP contribution in [0.5, 0.6) is 0 Å². The zero-order chi connectivity index (χ0) is 40.8. The van der Waals surface area contributed by atoms with Gasteiger partial charge in [0.1, 0.15) is 39.2 Å². The molecule has 0 aliphatic carbocycles. The summed E-state index contributed by atoms with van der Waals surface area (Å²) in [5.41, 5.74) is 16.9. The van der Waals surface area contributed by atoms with E-state index in [-0.39, 0.29) is 0 Å². The molecule has 0 saturated carbocycles. The van der Waals surface area contributed by atoms with Crippen LogP contribution in [0.1, 0.15) is 18.1 Å². The maximum atomic E-state index is 5.21. The molecule has 10 heteroatoms. The van der Waals surface area contributed by atoms with Gasteiger partial charge in [0.05, 0.1) is 11.4 Å². The van der Waals surface area contributed by atoms with Crippen LogP contribution in [0, 0.1) is 6.92 Å². The van der Waals surface area contributed by atoms with Crippen molar-refractivity contribution >= 4 is 74.0 Å². The second kappa shape index (κ2) is 17.7. The number of aromatic nitrogens is 3. The monoisotopic (exact) mass is 747 g/mol. The Labute approximate surface area is 348 Å². The number of anilines is 5. The number of allylic oxidation sites excluding steroid dienone is 5. The SMILES string of the molecule is B/C(C)=C(B)/C(B)=C(B)\C(B)=C\c1ccccc1N(C)c1cc(N(c2ccccc2)c2nc(-c3ccccc3)nc(-c3ccccc3)n2)c(C)cc1-c1ccccc1. The molecule has 0 aliphatic heterocycles. The van der Waals surface area contributed by atoms with E-state index in [4.69, 9.17) is 15.0 Å². The van der Waals surface area contributed by atoms with Gasteiger partial charge < -0.3 is 4.90 Å². The van der Waals surface area contributed by atoms with Crippen molar-refractivity contribution in [3.8, 4) is 33.9 Å². The number of nitrogens with zero attached hydrogens (tertiary/aromatic N) is 5. The highest BCUT2D eigenvalue weighted by atomic mass is 15.3. The average molecular weight is 747 g/mol. The van der Waals surface area contributed by atoms with Crippen LogP contribution >= 0.6 is 0 Å². The van der Waals surface area contributed by atoms with Crippen LogP contribution in [0.3, 0.4) is 0 Å². The van der Waals surface area contributed by atoms with Crippen molar-refractivity contribution < 1.29 is 0 Å². The molecule has 0 fully saturated rings. The first-order valence-electron chi connectivity index (χ1n) is 19.9. The molecule has 6 aromatic carbocycles. The number of rotatable bonds is 11. The Morgan fingerprint density at radius 1 is 0.517 bits per heavy atom. The molecule has 1 aromatic heterocycles. The molecular formula is C48H46B5N5. The van der Waals surface area contributed by atoms with Crippen LogP contribution < -0.4 is 9.80 Å². The van der Waals surface area contributed by atoms with Gasteiger partial charge in [-0.15, -0.1) is 21.9 Å². The van der Waals surface area contributed by atoms with E-state index in [9.17, 15) is 0 Å². The fraction of sp³-hybridized carbons (Fsp3) is 0.0625. The first-order chi connectivity index (χ1) is 28.1. The van der Waals surface area contributed by atoms with Gasteiger partial charge in [0.25, 0.3) is 0 Å². The van der Waals surface area contributed by atoms with Crippen LogP contribution in [0.4, 0.5) is 28.7 Å². The normalized spacial score (nSPS) is 12.4. The second-order valence-electron chi connectivity index (χ2n) is 15.0. The van der Waals surface area contributed by atoms with Crippen LogP contribution in [-0.2, 0) is 0 Å². The van der Waals surface area contributed by atoms with E-state index in [1.807, 2.05) is 66.7 Å². The average Bonchev–Trinajstić information content (AvgIpc) is 3.27. The number of hydrogen-bond acceptors (Lipinski definition) is 5. The minimum atomic E-state index is 0.534. The predicted molar refractivity (Wildman–Crippen MR) is 260 cm³/mol. The molecule has 7 aromatic rings. The Morgan fingerprint density at radius 2 is 1.02 bits per heavy atom. The summed E-state index contributed by atoms with van der Waals surface area (Å²) in [6.07, 6.45) is 2.32. The Hall–Kier alpha value is -6.53. The van der Waals surface area contributed by atoms with E-state index < -0.39 is 0 Å². The van der Waals surface area contributed by atoms with Crippen molar-refractivity contribution in [1.29, 1.82) is 0 Å². The third-order valence-electron chi connectivity index (χ3n) is 11.0. The molecule has 0 unspecified atom stereocenters. The molecule has 278 valence electrons. The maximum absolute atomic E-state index is 5.21. The predicted octanol–water partition coefficient (Wildman–Crippen LogP) is 7.37. The Balaban J connectivity index is 1.45. The van der Waals surface area contributed by atoms with Crippen LogP contribution in [0.25, 0.3) is 40.0 Å². The second-order valence-corrected chi connectivity index (χ2v) is 15.0. The lowest BCUT2D eigenvalue weighted by molar-refractivity contribution is 1.02. The molecule has 5 nitrogen and oxygen atoms in total. The van der Waals surface area contributed by atoms with Crippen molar-refractivity contribution in [1.82, 2.24) is 15.0 Å². The van der Waals surface area contributed by atoms with Gasteiger partial charge in [-0.05, 0) is 53.9 Å². The summed E-state index contributed by atoms with van der Waals surface area (Å²) in [5.74, 6) is 1.75. The van der Waals surface area contributed by atoms with Crippen molar-refractivity contribution in [2.45, 2.75) is 13.8 Å². The van der Waals surface area contributed by atoms with Crippen molar-refractivity contribution in [3.63, 3.8) is 0 Å². The Kier molecular flexibility index (Phi) is 12.1. The third kappa shape index (κ3) is 8.57. The van der Waals surface area contributed by atoms with Gasteiger partial charge in [0, 0.05) is 35.1 Å². The summed E-state index contributed by atoms with van der Waals surface area (Å²) in [5, 5.41) is 0. The molecule has 1 heterocycles. The van der Waals surface area contributed by atoms with Gasteiger partial charge in [0.2, 0.25) is 5.95 Å². The fourth-order valence-electron chi connectivity index (χ4n) is 7.23. The molecule has 0 N–H and O–H groups in total. The lowest BCUT2D eigenvalue weighted by atomic mass is 9.62. The summed E-state index contributed by atoms with van der Waals surface area (Å²) in [6, 6.07) is 54.5. The topological polar surface area (TPSA) is 45.2 Å². The Morgan fingerprint density at radius 3 is 1.57 bits per heavy atom. The van der Waals surface area contributed by atoms with Gasteiger partial charge in [-0.1, -0.05) is 146 Å². The molecule has 0 spiro atoms. The van der Waals surface area contributed by atoms with E-state index in [0.29, 0.717) is 17.6 Å². The highest BCUT2D eigenvalue weighted by Gasteiger charge is 2.24. The molecule has 58 heavy (non-hydrogen) atoms. The molecule has 0 aliphatic rings. The largest absolute Gasteiger partial charge is 0.344 e. The van der Waals surface area contributed by atoms with E-state index >= 15 is 0 Å². The summed E-state index contributed by atoms with van der Waals surface area (Å²) in [4.78, 5) is 19.9. The molecular weight excluding hydrogens is 701 g/mol.